The zero-order chi connectivity index (χ0) is 9.84. The molecule has 0 aromatic carbocycles. The molecule has 0 aromatic heterocycles. The number of hydrogen-bond donors (Lipinski definition) is 0. The van der Waals surface area contributed by atoms with Crippen molar-refractivity contribution in [2.45, 2.75) is 25.4 Å². The van der Waals surface area contributed by atoms with Crippen molar-refractivity contribution in [3.05, 3.63) is 4.91 Å². The molecule has 1 fully saturated rings. The van der Waals surface area contributed by atoms with Gasteiger partial charge in [0.15, 0.2) is 6.17 Å². The van der Waals surface area contributed by atoms with Crippen LogP contribution in [0.25, 0.3) is 0 Å². The summed E-state index contributed by atoms with van der Waals surface area (Å²) < 4.78 is 0. The number of piperidine rings is 1. The highest BCUT2D eigenvalue weighted by Gasteiger charge is 2.28. The molecule has 5 heteroatoms. The lowest BCUT2D eigenvalue weighted by Crippen LogP contribution is -2.47. The van der Waals surface area contributed by atoms with Crippen LogP contribution in [0.1, 0.15) is 19.3 Å². The molecule has 1 rings (SSSR count). The summed E-state index contributed by atoms with van der Waals surface area (Å²) in [5.41, 5.74) is 0. The number of nitrogens with zero attached hydrogens (tertiary/aromatic N) is 3. The first-order valence-corrected chi connectivity index (χ1v) is 4.47. The highest BCUT2D eigenvalue weighted by Crippen LogP contribution is 2.18. The average Bonchev–Trinajstić information content (AvgIpc) is 2.16. The highest BCUT2D eigenvalue weighted by molar-refractivity contribution is 5.74. The summed E-state index contributed by atoms with van der Waals surface area (Å²) in [6.07, 6.45) is 2.19. The zero-order valence-electron chi connectivity index (χ0n) is 8.06. The number of amides is 2. The fourth-order valence-corrected chi connectivity index (χ4v) is 1.50. The van der Waals surface area contributed by atoms with E-state index in [1.807, 2.05) is 0 Å². The minimum Gasteiger partial charge on any atom is -0.331 e. The second-order valence-electron chi connectivity index (χ2n) is 3.45. The van der Waals surface area contributed by atoms with Crippen LogP contribution in [-0.2, 0) is 0 Å². The van der Waals surface area contributed by atoms with Gasteiger partial charge in [-0.2, -0.15) is 0 Å². The van der Waals surface area contributed by atoms with Gasteiger partial charge in [0.05, 0.1) is 0 Å². The van der Waals surface area contributed by atoms with E-state index in [0.717, 1.165) is 12.8 Å². The van der Waals surface area contributed by atoms with Crippen LogP contribution in [0.15, 0.2) is 5.18 Å². The van der Waals surface area contributed by atoms with E-state index >= 15 is 0 Å². The number of rotatable bonds is 1. The molecule has 1 aliphatic rings. The fourth-order valence-electron chi connectivity index (χ4n) is 1.50. The van der Waals surface area contributed by atoms with E-state index in [4.69, 9.17) is 0 Å². The van der Waals surface area contributed by atoms with Crippen molar-refractivity contribution in [1.29, 1.82) is 0 Å². The molecule has 1 heterocycles. The molecule has 1 atom stereocenters. The Bertz CT molecular complexity index is 206. The molecule has 0 spiro atoms. The van der Waals surface area contributed by atoms with E-state index in [1.165, 1.54) is 9.80 Å². The first-order valence-electron chi connectivity index (χ1n) is 4.47. The Morgan fingerprint density at radius 2 is 2.15 bits per heavy atom. The van der Waals surface area contributed by atoms with Gasteiger partial charge < -0.3 is 4.90 Å². The summed E-state index contributed by atoms with van der Waals surface area (Å²) >= 11 is 0. The molecule has 0 saturated carbocycles. The Balaban J connectivity index is 2.63. The molecule has 5 nitrogen and oxygen atoms in total. The van der Waals surface area contributed by atoms with Gasteiger partial charge in [-0.15, -0.1) is 4.91 Å². The van der Waals surface area contributed by atoms with E-state index in [9.17, 15) is 9.70 Å². The van der Waals surface area contributed by atoms with E-state index < -0.39 is 6.17 Å². The fraction of sp³-hybridized carbons (Fsp3) is 0.875. The van der Waals surface area contributed by atoms with Crippen LogP contribution in [0.2, 0.25) is 0 Å². The van der Waals surface area contributed by atoms with Gasteiger partial charge in [-0.25, -0.2) is 4.79 Å². The maximum absolute atomic E-state index is 11.5. The molecular weight excluding hydrogens is 170 g/mol. The van der Waals surface area contributed by atoms with Crippen molar-refractivity contribution >= 4 is 6.03 Å². The third-order valence-corrected chi connectivity index (χ3v) is 2.22. The predicted octanol–water partition coefficient (Wildman–Crippen LogP) is 1.25. The van der Waals surface area contributed by atoms with Crippen LogP contribution in [-0.4, -0.2) is 42.6 Å². The van der Waals surface area contributed by atoms with Gasteiger partial charge in [-0.1, -0.05) is 0 Å². The van der Waals surface area contributed by atoms with Crippen molar-refractivity contribution in [2.75, 3.05) is 20.6 Å². The first kappa shape index (κ1) is 9.95. The average molecular weight is 185 g/mol. The monoisotopic (exact) mass is 185 g/mol. The van der Waals surface area contributed by atoms with Gasteiger partial charge >= 0.3 is 6.03 Å². The lowest BCUT2D eigenvalue weighted by atomic mass is 10.1. The first-order chi connectivity index (χ1) is 6.16. The van der Waals surface area contributed by atoms with Crippen LogP contribution >= 0.6 is 0 Å². The summed E-state index contributed by atoms with van der Waals surface area (Å²) in [6.45, 7) is 0.646. The number of urea groups is 1. The van der Waals surface area contributed by atoms with Crippen molar-refractivity contribution in [3.8, 4) is 0 Å². The minimum atomic E-state index is -0.455. The molecule has 1 unspecified atom stereocenters. The van der Waals surface area contributed by atoms with Crippen LogP contribution < -0.4 is 0 Å². The smallest absolute Gasteiger partial charge is 0.321 e. The Kier molecular flexibility index (Phi) is 3.22. The Labute approximate surface area is 77.7 Å². The standard InChI is InChI=1S/C8H15N3O2/c1-10(2)8(12)11-6-4-3-5-7(11)9-13/h7H,3-6H2,1-2H3. The van der Waals surface area contributed by atoms with Crippen LogP contribution in [0.5, 0.6) is 0 Å². The number of carbonyl (C=O) groups excluding carboxylic acids is 1. The number of hydrogen-bond acceptors (Lipinski definition) is 3. The largest absolute Gasteiger partial charge is 0.331 e. The van der Waals surface area contributed by atoms with Crippen molar-refractivity contribution in [2.24, 2.45) is 5.18 Å². The van der Waals surface area contributed by atoms with E-state index in [0.29, 0.717) is 13.0 Å². The summed E-state index contributed by atoms with van der Waals surface area (Å²) in [6, 6.07) is -0.121. The van der Waals surface area contributed by atoms with Gasteiger partial charge in [-0.3, -0.25) is 4.90 Å². The Morgan fingerprint density at radius 3 is 2.69 bits per heavy atom. The normalized spacial score (nSPS) is 22.6. The van der Waals surface area contributed by atoms with Gasteiger partial charge in [0.2, 0.25) is 0 Å². The van der Waals surface area contributed by atoms with Crippen LogP contribution in [0, 0.1) is 4.91 Å². The SMILES string of the molecule is CN(C)C(=O)N1CCCCC1N=O. The number of likely N-dealkylation sites (tertiary alicyclic amines) is 1. The van der Waals surface area contributed by atoms with Crippen LogP contribution in [0.3, 0.4) is 0 Å². The summed E-state index contributed by atoms with van der Waals surface area (Å²) in [4.78, 5) is 25.0. The lowest BCUT2D eigenvalue weighted by molar-refractivity contribution is 0.131. The predicted molar refractivity (Wildman–Crippen MR) is 49.2 cm³/mol. The second kappa shape index (κ2) is 4.20. The molecule has 1 saturated heterocycles. The third kappa shape index (κ3) is 2.17. The second-order valence-corrected chi connectivity index (χ2v) is 3.45. The molecule has 74 valence electrons. The van der Waals surface area contributed by atoms with Crippen molar-refractivity contribution < 1.29 is 4.79 Å². The maximum Gasteiger partial charge on any atom is 0.321 e. The Hall–Kier alpha value is -1.13. The van der Waals surface area contributed by atoms with Gasteiger partial charge in [0.25, 0.3) is 0 Å². The van der Waals surface area contributed by atoms with E-state index in [1.54, 1.807) is 14.1 Å². The molecular formula is C8H15N3O2. The van der Waals surface area contributed by atoms with E-state index in [2.05, 4.69) is 5.18 Å². The molecule has 0 bridgehead atoms. The van der Waals surface area contributed by atoms with Gasteiger partial charge in [0.1, 0.15) is 0 Å². The minimum absolute atomic E-state index is 0.121. The molecule has 0 aromatic rings. The highest BCUT2D eigenvalue weighted by atomic mass is 16.3. The molecule has 1 aliphatic heterocycles. The van der Waals surface area contributed by atoms with Gasteiger partial charge in [-0.05, 0) is 24.4 Å². The molecule has 0 N–H and O–H groups in total. The molecule has 0 aliphatic carbocycles. The van der Waals surface area contributed by atoms with Crippen LogP contribution in [0.4, 0.5) is 4.79 Å². The molecule has 0 radical (unpaired) electrons. The summed E-state index contributed by atoms with van der Waals surface area (Å²) in [5.74, 6) is 0. The number of carbonyl (C=O) groups is 1. The van der Waals surface area contributed by atoms with Crippen molar-refractivity contribution in [3.63, 3.8) is 0 Å². The number of nitroso groups, excluding NO2 is 1. The summed E-state index contributed by atoms with van der Waals surface area (Å²) in [7, 11) is 3.36. The third-order valence-electron chi connectivity index (χ3n) is 2.22. The molecule has 13 heavy (non-hydrogen) atoms. The topological polar surface area (TPSA) is 53.0 Å². The maximum atomic E-state index is 11.5. The lowest BCUT2D eigenvalue weighted by Gasteiger charge is -2.32. The summed E-state index contributed by atoms with van der Waals surface area (Å²) in [5, 5.41) is 2.96. The quantitative estimate of drug-likeness (QED) is 0.577. The van der Waals surface area contributed by atoms with Crippen molar-refractivity contribution in [1.82, 2.24) is 9.80 Å². The van der Waals surface area contributed by atoms with E-state index in [-0.39, 0.29) is 6.03 Å². The van der Waals surface area contributed by atoms with Gasteiger partial charge in [0, 0.05) is 20.6 Å². The zero-order valence-corrected chi connectivity index (χ0v) is 8.06. The Morgan fingerprint density at radius 1 is 1.46 bits per heavy atom. The molecule has 2 amide bonds.